The van der Waals surface area contributed by atoms with E-state index in [2.05, 4.69) is 51.7 Å². The van der Waals surface area contributed by atoms with E-state index in [1.54, 1.807) is 24.5 Å². The van der Waals surface area contributed by atoms with Crippen LogP contribution in [0.1, 0.15) is 15.9 Å². The quantitative estimate of drug-likeness (QED) is 0.281. The number of benzene rings is 2. The summed E-state index contributed by atoms with van der Waals surface area (Å²) in [5, 5.41) is 0.665. The van der Waals surface area contributed by atoms with Crippen LogP contribution < -0.4 is 11.3 Å². The van der Waals surface area contributed by atoms with Gasteiger partial charge in [-0.05, 0) is 28.8 Å². The maximum Gasteiger partial charge on any atom is 0.265 e. The number of nitrogens with zero attached hydrogens (tertiary/aromatic N) is 3. The first-order valence-corrected chi connectivity index (χ1v) is 11.0. The summed E-state index contributed by atoms with van der Waals surface area (Å²) >= 11 is 0. The topological polar surface area (TPSA) is 93.4 Å². The number of hydrazine groups is 1. The second-order valence-electron chi connectivity index (χ2n) is 8.08. The van der Waals surface area contributed by atoms with Crippen LogP contribution in [0.3, 0.4) is 0 Å². The molecule has 7 heteroatoms. The van der Waals surface area contributed by atoms with Crippen molar-refractivity contribution >= 4 is 16.8 Å². The lowest BCUT2D eigenvalue weighted by Gasteiger charge is -2.26. The summed E-state index contributed by atoms with van der Waals surface area (Å²) in [4.78, 5) is 23.5. The minimum atomic E-state index is -0.370. The number of hydrogen-bond acceptors (Lipinski definition) is 6. The van der Waals surface area contributed by atoms with Gasteiger partial charge >= 0.3 is 0 Å². The van der Waals surface area contributed by atoms with Crippen LogP contribution in [0.4, 0.5) is 0 Å². The molecule has 3 N–H and O–H groups in total. The number of morpholine rings is 1. The number of fused-ring (bicyclic) bond motifs is 1. The predicted molar refractivity (Wildman–Crippen MR) is 128 cm³/mol. The highest BCUT2D eigenvalue weighted by Gasteiger charge is 2.14. The number of hydrogen-bond donors (Lipinski definition) is 2. The molecule has 0 saturated carbocycles. The minimum absolute atomic E-state index is 0.370. The molecule has 5 rings (SSSR count). The molecular weight excluding hydrogens is 414 g/mol. The zero-order chi connectivity index (χ0) is 22.6. The van der Waals surface area contributed by atoms with Crippen molar-refractivity contribution in [1.82, 2.24) is 20.3 Å². The Labute approximate surface area is 192 Å². The number of carbonyl (C=O) groups excluding carboxylic acids is 1. The van der Waals surface area contributed by atoms with Crippen LogP contribution in [-0.2, 0) is 11.3 Å². The molecule has 0 bridgehead atoms. The van der Waals surface area contributed by atoms with Crippen LogP contribution in [0, 0.1) is 0 Å². The molecule has 1 aliphatic heterocycles. The fourth-order valence-corrected chi connectivity index (χ4v) is 4.14. The lowest BCUT2D eigenvalue weighted by molar-refractivity contribution is 0.0342. The molecule has 0 radical (unpaired) electrons. The van der Waals surface area contributed by atoms with Crippen LogP contribution in [0.2, 0.25) is 0 Å². The first-order chi connectivity index (χ1) is 16.2. The second kappa shape index (κ2) is 9.46. The highest BCUT2D eigenvalue weighted by atomic mass is 16.5. The number of nitrogens with two attached hydrogens (primary N) is 1. The minimum Gasteiger partial charge on any atom is -0.379 e. The number of pyridine rings is 2. The maximum atomic E-state index is 12.3. The number of carbonyl (C=O) groups is 1. The van der Waals surface area contributed by atoms with E-state index in [9.17, 15) is 4.79 Å². The molecule has 1 saturated heterocycles. The van der Waals surface area contributed by atoms with E-state index < -0.39 is 0 Å². The third kappa shape index (κ3) is 4.61. The molecule has 33 heavy (non-hydrogen) atoms. The summed E-state index contributed by atoms with van der Waals surface area (Å²) in [6.45, 7) is 4.54. The lowest BCUT2D eigenvalue weighted by atomic mass is 10.00. The van der Waals surface area contributed by atoms with Crippen molar-refractivity contribution in [3.63, 3.8) is 0 Å². The number of amides is 1. The number of rotatable bonds is 5. The fourth-order valence-electron chi connectivity index (χ4n) is 4.14. The number of nitrogens with one attached hydrogen (secondary N) is 1. The van der Waals surface area contributed by atoms with E-state index in [0.29, 0.717) is 22.2 Å². The monoisotopic (exact) mass is 439 g/mol. The van der Waals surface area contributed by atoms with Gasteiger partial charge in [0.15, 0.2) is 0 Å². The van der Waals surface area contributed by atoms with Gasteiger partial charge in [-0.2, -0.15) is 0 Å². The molecule has 0 atom stereocenters. The third-order valence-electron chi connectivity index (χ3n) is 5.96. The van der Waals surface area contributed by atoms with Crippen LogP contribution in [0.15, 0.2) is 73.1 Å². The van der Waals surface area contributed by atoms with Crippen molar-refractivity contribution < 1.29 is 9.53 Å². The zero-order valence-electron chi connectivity index (χ0n) is 18.2. The SMILES string of the molecule is NNC(=O)c1cc(-c2ccc(-c3ccc(CN4CCOCC4)cc3)cc2)nc2ccncc12. The number of aromatic nitrogens is 2. The lowest BCUT2D eigenvalue weighted by Crippen LogP contribution is -2.35. The third-order valence-corrected chi connectivity index (χ3v) is 5.96. The number of nitrogen functional groups attached to an aromatic ring is 1. The summed E-state index contributed by atoms with van der Waals surface area (Å²) in [6, 6.07) is 20.4. The van der Waals surface area contributed by atoms with E-state index >= 15 is 0 Å². The Morgan fingerprint density at radius 2 is 1.64 bits per heavy atom. The second-order valence-corrected chi connectivity index (χ2v) is 8.08. The van der Waals surface area contributed by atoms with Gasteiger partial charge in [0.05, 0.1) is 30.0 Å². The molecular formula is C26H25N5O2. The number of ether oxygens (including phenoxy) is 1. The first kappa shape index (κ1) is 21.2. The summed E-state index contributed by atoms with van der Waals surface area (Å²) in [5.74, 6) is 5.01. The van der Waals surface area contributed by atoms with Gasteiger partial charge in [-0.3, -0.25) is 20.1 Å². The first-order valence-electron chi connectivity index (χ1n) is 11.0. The molecule has 4 aromatic rings. The van der Waals surface area contributed by atoms with Gasteiger partial charge in [0.2, 0.25) is 0 Å². The average Bonchev–Trinajstić information content (AvgIpc) is 2.89. The fraction of sp³-hybridized carbons (Fsp3) is 0.192. The van der Waals surface area contributed by atoms with Crippen LogP contribution in [0.25, 0.3) is 33.3 Å². The van der Waals surface area contributed by atoms with E-state index in [-0.39, 0.29) is 5.91 Å². The van der Waals surface area contributed by atoms with Crippen LogP contribution >= 0.6 is 0 Å². The highest BCUT2D eigenvalue weighted by molar-refractivity contribution is 6.06. The Kier molecular flexibility index (Phi) is 6.08. The predicted octanol–water partition coefficient (Wildman–Crippen LogP) is 3.40. The zero-order valence-corrected chi connectivity index (χ0v) is 18.2. The van der Waals surface area contributed by atoms with E-state index in [1.165, 1.54) is 5.56 Å². The normalized spacial score (nSPS) is 14.3. The van der Waals surface area contributed by atoms with E-state index in [0.717, 1.165) is 49.5 Å². The summed E-state index contributed by atoms with van der Waals surface area (Å²) in [7, 11) is 0. The molecule has 0 aliphatic carbocycles. The molecule has 166 valence electrons. The largest absolute Gasteiger partial charge is 0.379 e. The molecule has 1 fully saturated rings. The van der Waals surface area contributed by atoms with Crippen molar-refractivity contribution in [3.05, 3.63) is 84.2 Å². The summed E-state index contributed by atoms with van der Waals surface area (Å²) in [6.07, 6.45) is 3.29. The van der Waals surface area contributed by atoms with Crippen molar-refractivity contribution in [2.45, 2.75) is 6.54 Å². The summed E-state index contributed by atoms with van der Waals surface area (Å²) < 4.78 is 5.43. The molecule has 1 aliphatic rings. The Morgan fingerprint density at radius 3 is 2.33 bits per heavy atom. The van der Waals surface area contributed by atoms with Gasteiger partial charge in [-0.25, -0.2) is 10.8 Å². The Bertz CT molecular complexity index is 1270. The molecule has 7 nitrogen and oxygen atoms in total. The highest BCUT2D eigenvalue weighted by Crippen LogP contribution is 2.27. The smallest absolute Gasteiger partial charge is 0.265 e. The van der Waals surface area contributed by atoms with Crippen LogP contribution in [0.5, 0.6) is 0 Å². The van der Waals surface area contributed by atoms with Gasteiger partial charge in [0.25, 0.3) is 5.91 Å². The van der Waals surface area contributed by atoms with Gasteiger partial charge in [0, 0.05) is 43.0 Å². The maximum absolute atomic E-state index is 12.3. The van der Waals surface area contributed by atoms with Gasteiger partial charge in [-0.1, -0.05) is 48.5 Å². The van der Waals surface area contributed by atoms with Crippen molar-refractivity contribution in [1.29, 1.82) is 0 Å². The molecule has 2 aromatic heterocycles. The van der Waals surface area contributed by atoms with E-state index in [4.69, 9.17) is 15.6 Å². The van der Waals surface area contributed by atoms with Gasteiger partial charge < -0.3 is 4.74 Å². The van der Waals surface area contributed by atoms with Gasteiger partial charge in [0.1, 0.15) is 0 Å². The Balaban J connectivity index is 1.38. The van der Waals surface area contributed by atoms with Crippen molar-refractivity contribution in [2.24, 2.45) is 5.84 Å². The molecule has 3 heterocycles. The molecule has 1 amide bonds. The molecule has 0 spiro atoms. The Morgan fingerprint density at radius 1 is 0.970 bits per heavy atom. The average molecular weight is 440 g/mol. The Hall–Kier alpha value is -3.65. The summed E-state index contributed by atoms with van der Waals surface area (Å²) in [5.41, 5.74) is 8.58. The standard InChI is InChI=1S/C26H25N5O2/c27-30-26(32)22-15-25(29-24-9-10-28-16-23(22)24)21-7-5-20(6-8-21)19-3-1-18(2-4-19)17-31-11-13-33-14-12-31/h1-10,15-16H,11-14,17,27H2,(H,30,32). The van der Waals surface area contributed by atoms with Crippen molar-refractivity contribution in [2.75, 3.05) is 26.3 Å². The van der Waals surface area contributed by atoms with Crippen molar-refractivity contribution in [3.8, 4) is 22.4 Å². The van der Waals surface area contributed by atoms with Crippen LogP contribution in [-0.4, -0.2) is 47.1 Å². The van der Waals surface area contributed by atoms with E-state index in [1.807, 2.05) is 12.1 Å². The van der Waals surface area contributed by atoms with Gasteiger partial charge in [-0.15, -0.1) is 0 Å². The molecule has 2 aromatic carbocycles. The molecule has 0 unspecified atom stereocenters.